The van der Waals surface area contributed by atoms with E-state index in [1.807, 2.05) is 0 Å². The van der Waals surface area contributed by atoms with Gasteiger partial charge in [-0.2, -0.15) is 0 Å². The highest BCUT2D eigenvalue weighted by Gasteiger charge is 2.22. The van der Waals surface area contributed by atoms with Crippen LogP contribution in [0.1, 0.15) is 43.8 Å². The zero-order chi connectivity index (χ0) is 10.1. The number of rotatable bonds is 1. The molecule has 1 aliphatic rings. The van der Waals surface area contributed by atoms with E-state index in [2.05, 4.69) is 15.1 Å². The lowest BCUT2D eigenvalue weighted by Gasteiger charge is -2.18. The van der Waals surface area contributed by atoms with E-state index in [1.54, 1.807) is 12.5 Å². The zero-order valence-electron chi connectivity index (χ0n) is 8.52. The quantitative estimate of drug-likeness (QED) is 0.715. The van der Waals surface area contributed by atoms with E-state index in [-0.39, 0.29) is 0 Å². The van der Waals surface area contributed by atoms with Gasteiger partial charge in [0.25, 0.3) is 0 Å². The number of hydrogen-bond acceptors (Lipinski definition) is 4. The van der Waals surface area contributed by atoms with Gasteiger partial charge in [0.05, 0.1) is 6.20 Å². The molecule has 1 aliphatic carbocycles. The first kappa shape index (κ1) is 8.83. The van der Waals surface area contributed by atoms with Crippen LogP contribution in [0.3, 0.4) is 0 Å². The molecule has 2 aromatic rings. The summed E-state index contributed by atoms with van der Waals surface area (Å²) in [6.07, 6.45) is 9.60. The second-order valence-corrected chi connectivity index (χ2v) is 4.14. The van der Waals surface area contributed by atoms with Gasteiger partial charge in [-0.3, -0.25) is 0 Å². The van der Waals surface area contributed by atoms with Crippen molar-refractivity contribution in [3.05, 3.63) is 18.3 Å². The molecule has 15 heavy (non-hydrogen) atoms. The Balaban J connectivity index is 2.02. The van der Waals surface area contributed by atoms with E-state index in [0.717, 1.165) is 16.8 Å². The molecule has 0 saturated heterocycles. The van der Waals surface area contributed by atoms with Gasteiger partial charge < -0.3 is 4.52 Å². The SMILES string of the molecule is c1ncc2noc(C3CCCCC3)c2n1. The second kappa shape index (κ2) is 3.61. The summed E-state index contributed by atoms with van der Waals surface area (Å²) in [5, 5.41) is 3.99. The highest BCUT2D eigenvalue weighted by molar-refractivity contribution is 5.74. The molecule has 0 bridgehead atoms. The summed E-state index contributed by atoms with van der Waals surface area (Å²) in [6, 6.07) is 0. The minimum absolute atomic E-state index is 0.513. The largest absolute Gasteiger partial charge is 0.358 e. The Labute approximate surface area is 87.7 Å². The van der Waals surface area contributed by atoms with Crippen molar-refractivity contribution < 1.29 is 4.52 Å². The maximum absolute atomic E-state index is 5.40. The van der Waals surface area contributed by atoms with Crippen molar-refractivity contribution in [3.8, 4) is 0 Å². The van der Waals surface area contributed by atoms with Crippen LogP contribution in [0.4, 0.5) is 0 Å². The van der Waals surface area contributed by atoms with Crippen LogP contribution in [-0.4, -0.2) is 15.1 Å². The lowest BCUT2D eigenvalue weighted by Crippen LogP contribution is -2.04. The Bertz CT molecular complexity index is 460. The highest BCUT2D eigenvalue weighted by atomic mass is 16.5. The van der Waals surface area contributed by atoms with Crippen LogP contribution in [0.25, 0.3) is 11.0 Å². The molecule has 78 valence electrons. The third kappa shape index (κ3) is 1.50. The number of fused-ring (bicyclic) bond motifs is 1. The molecule has 0 amide bonds. The number of hydrogen-bond donors (Lipinski definition) is 0. The molecule has 1 fully saturated rings. The average molecular weight is 203 g/mol. The fourth-order valence-corrected chi connectivity index (χ4v) is 2.35. The predicted octanol–water partition coefficient (Wildman–Crippen LogP) is 2.67. The van der Waals surface area contributed by atoms with Gasteiger partial charge >= 0.3 is 0 Å². The van der Waals surface area contributed by atoms with E-state index >= 15 is 0 Å². The van der Waals surface area contributed by atoms with E-state index in [4.69, 9.17) is 4.52 Å². The number of nitrogens with zero attached hydrogens (tertiary/aromatic N) is 3. The van der Waals surface area contributed by atoms with E-state index in [1.165, 1.54) is 32.1 Å². The average Bonchev–Trinajstić information content (AvgIpc) is 2.74. The number of aromatic nitrogens is 3. The predicted molar refractivity (Wildman–Crippen MR) is 55.4 cm³/mol. The first-order chi connectivity index (χ1) is 7.45. The molecule has 0 unspecified atom stereocenters. The summed E-state index contributed by atoms with van der Waals surface area (Å²) in [6.45, 7) is 0. The van der Waals surface area contributed by atoms with Crippen molar-refractivity contribution in [2.75, 3.05) is 0 Å². The fourth-order valence-electron chi connectivity index (χ4n) is 2.35. The molecule has 0 aromatic carbocycles. The van der Waals surface area contributed by atoms with Crippen LogP contribution in [0.15, 0.2) is 17.0 Å². The Hall–Kier alpha value is -1.45. The third-order valence-corrected chi connectivity index (χ3v) is 3.14. The molecule has 0 radical (unpaired) electrons. The van der Waals surface area contributed by atoms with Crippen molar-refractivity contribution in [1.29, 1.82) is 0 Å². The highest BCUT2D eigenvalue weighted by Crippen LogP contribution is 2.35. The van der Waals surface area contributed by atoms with Crippen molar-refractivity contribution in [2.45, 2.75) is 38.0 Å². The minimum atomic E-state index is 0.513. The molecular weight excluding hydrogens is 190 g/mol. The van der Waals surface area contributed by atoms with Crippen LogP contribution in [0.2, 0.25) is 0 Å². The molecule has 0 N–H and O–H groups in total. The third-order valence-electron chi connectivity index (χ3n) is 3.14. The van der Waals surface area contributed by atoms with Gasteiger partial charge in [-0.25, -0.2) is 9.97 Å². The first-order valence-electron chi connectivity index (χ1n) is 5.50. The van der Waals surface area contributed by atoms with Crippen LogP contribution in [-0.2, 0) is 0 Å². The van der Waals surface area contributed by atoms with E-state index in [0.29, 0.717) is 5.92 Å². The molecule has 3 rings (SSSR count). The molecule has 2 aromatic heterocycles. The van der Waals surface area contributed by atoms with Crippen molar-refractivity contribution in [1.82, 2.24) is 15.1 Å². The topological polar surface area (TPSA) is 51.8 Å². The standard InChI is InChI=1S/C11H13N3O/c1-2-4-8(5-3-1)11-10-9(14-15-11)6-12-7-13-10/h6-8H,1-5H2. The van der Waals surface area contributed by atoms with E-state index in [9.17, 15) is 0 Å². The Kier molecular flexibility index (Phi) is 2.12. The monoisotopic (exact) mass is 203 g/mol. The molecular formula is C11H13N3O. The lowest BCUT2D eigenvalue weighted by molar-refractivity contribution is 0.326. The van der Waals surface area contributed by atoms with Gasteiger partial charge in [-0.05, 0) is 12.8 Å². The van der Waals surface area contributed by atoms with Gasteiger partial charge in [0.1, 0.15) is 11.8 Å². The first-order valence-corrected chi connectivity index (χ1v) is 5.50. The molecule has 4 nitrogen and oxygen atoms in total. The summed E-state index contributed by atoms with van der Waals surface area (Å²) < 4.78 is 5.40. The minimum Gasteiger partial charge on any atom is -0.358 e. The lowest BCUT2D eigenvalue weighted by atomic mass is 9.87. The van der Waals surface area contributed by atoms with Crippen LogP contribution < -0.4 is 0 Å². The van der Waals surface area contributed by atoms with Crippen LogP contribution >= 0.6 is 0 Å². The molecule has 0 spiro atoms. The van der Waals surface area contributed by atoms with Crippen molar-refractivity contribution in [3.63, 3.8) is 0 Å². The van der Waals surface area contributed by atoms with Gasteiger partial charge in [0.2, 0.25) is 0 Å². The maximum Gasteiger partial charge on any atom is 0.166 e. The van der Waals surface area contributed by atoms with Gasteiger partial charge in [-0.15, -0.1) is 0 Å². The second-order valence-electron chi connectivity index (χ2n) is 4.14. The Morgan fingerprint density at radius 1 is 1.20 bits per heavy atom. The summed E-state index contributed by atoms with van der Waals surface area (Å²) in [5.74, 6) is 1.48. The molecule has 1 saturated carbocycles. The normalized spacial score (nSPS) is 18.4. The van der Waals surface area contributed by atoms with Gasteiger partial charge in [0.15, 0.2) is 11.3 Å². The molecule has 0 atom stereocenters. The summed E-state index contributed by atoms with van der Waals surface area (Å²) >= 11 is 0. The summed E-state index contributed by atoms with van der Waals surface area (Å²) in [4.78, 5) is 8.19. The van der Waals surface area contributed by atoms with Gasteiger partial charge in [-0.1, -0.05) is 24.4 Å². The Morgan fingerprint density at radius 2 is 2.07 bits per heavy atom. The smallest absolute Gasteiger partial charge is 0.166 e. The van der Waals surface area contributed by atoms with Crippen LogP contribution in [0, 0.1) is 0 Å². The summed E-state index contributed by atoms with van der Waals surface area (Å²) in [5.41, 5.74) is 1.68. The maximum atomic E-state index is 5.40. The van der Waals surface area contributed by atoms with E-state index < -0.39 is 0 Å². The van der Waals surface area contributed by atoms with Gasteiger partial charge in [0, 0.05) is 5.92 Å². The Morgan fingerprint density at radius 3 is 2.93 bits per heavy atom. The molecule has 4 heteroatoms. The fraction of sp³-hybridized carbons (Fsp3) is 0.545. The zero-order valence-corrected chi connectivity index (χ0v) is 8.52. The van der Waals surface area contributed by atoms with Crippen molar-refractivity contribution in [2.24, 2.45) is 0 Å². The van der Waals surface area contributed by atoms with Crippen molar-refractivity contribution >= 4 is 11.0 Å². The molecule has 2 heterocycles. The molecule has 0 aliphatic heterocycles. The summed E-state index contributed by atoms with van der Waals surface area (Å²) in [7, 11) is 0. The van der Waals surface area contributed by atoms with Crippen LogP contribution in [0.5, 0.6) is 0 Å².